The number of nitrogens with zero attached hydrogens (tertiary/aromatic N) is 1. The topological polar surface area (TPSA) is 68.0 Å². The summed E-state index contributed by atoms with van der Waals surface area (Å²) in [5.74, 6) is -0.941. The predicted octanol–water partition coefficient (Wildman–Crippen LogP) is 4.56. The van der Waals surface area contributed by atoms with E-state index in [2.05, 4.69) is 10.3 Å². The molecule has 2 aromatic carbocycles. The van der Waals surface area contributed by atoms with Crippen molar-refractivity contribution in [2.24, 2.45) is 0 Å². The van der Waals surface area contributed by atoms with E-state index in [9.17, 15) is 9.18 Å². The highest BCUT2D eigenvalue weighted by Gasteiger charge is 2.20. The normalized spacial score (nSPS) is 10.6. The number of rotatable bonds is 5. The lowest BCUT2D eigenvalue weighted by molar-refractivity contribution is 0.103. The van der Waals surface area contributed by atoms with Crippen molar-refractivity contribution in [3.63, 3.8) is 0 Å². The number of nitrogens with one attached hydrogen (secondary N) is 1. The first-order chi connectivity index (χ1) is 11.6. The molecule has 0 aliphatic rings. The van der Waals surface area contributed by atoms with Crippen LogP contribution in [0.15, 0.2) is 53.4 Å². The van der Waals surface area contributed by atoms with Crippen molar-refractivity contribution in [1.82, 2.24) is 4.98 Å². The lowest BCUT2D eigenvalue weighted by Crippen LogP contribution is -2.04. The summed E-state index contributed by atoms with van der Waals surface area (Å²) in [6, 6.07) is 13.6. The van der Waals surface area contributed by atoms with Gasteiger partial charge in [-0.1, -0.05) is 29.5 Å². The van der Waals surface area contributed by atoms with Crippen LogP contribution in [-0.2, 0) is 0 Å². The minimum atomic E-state index is -0.572. The average molecular weight is 359 g/mol. The number of thiazole rings is 1. The Balaban J connectivity index is 1.87. The van der Waals surface area contributed by atoms with Crippen LogP contribution in [0.1, 0.15) is 15.2 Å². The Bertz CT molecular complexity index is 895. The zero-order valence-corrected chi connectivity index (χ0v) is 14.4. The van der Waals surface area contributed by atoms with Crippen molar-refractivity contribution >= 4 is 45.5 Å². The largest absolute Gasteiger partial charge is 0.382 e. The fourth-order valence-electron chi connectivity index (χ4n) is 2.14. The average Bonchev–Trinajstić information content (AvgIpc) is 2.95. The number of nitrogens with two attached hydrogens (primary N) is 1. The van der Waals surface area contributed by atoms with Crippen LogP contribution < -0.4 is 11.1 Å². The van der Waals surface area contributed by atoms with Gasteiger partial charge in [-0.15, -0.1) is 11.8 Å². The third kappa shape index (κ3) is 3.42. The van der Waals surface area contributed by atoms with E-state index in [1.54, 1.807) is 17.8 Å². The van der Waals surface area contributed by atoms with E-state index < -0.39 is 11.6 Å². The van der Waals surface area contributed by atoms with Crippen molar-refractivity contribution in [2.75, 3.05) is 17.3 Å². The number of carbonyl (C=O) groups is 1. The summed E-state index contributed by atoms with van der Waals surface area (Å²) in [6.45, 7) is 0. The maximum absolute atomic E-state index is 13.8. The van der Waals surface area contributed by atoms with Crippen molar-refractivity contribution in [2.45, 2.75) is 4.90 Å². The van der Waals surface area contributed by atoms with Gasteiger partial charge in [-0.05, 0) is 36.6 Å². The molecule has 4 nitrogen and oxygen atoms in total. The third-order valence-corrected chi connectivity index (χ3v) is 5.01. The molecule has 3 N–H and O–H groups in total. The van der Waals surface area contributed by atoms with Gasteiger partial charge in [-0.3, -0.25) is 4.79 Å². The van der Waals surface area contributed by atoms with Crippen LogP contribution in [0.3, 0.4) is 0 Å². The fraction of sp³-hybridized carbons (Fsp3) is 0.0588. The van der Waals surface area contributed by atoms with Gasteiger partial charge in [0.2, 0.25) is 5.78 Å². The van der Waals surface area contributed by atoms with E-state index >= 15 is 0 Å². The molecule has 0 aliphatic carbocycles. The SMILES string of the molecule is CSc1cccc(Nc2nc(N)c(C(=O)c3ccccc3F)s2)c1. The summed E-state index contributed by atoms with van der Waals surface area (Å²) in [5.41, 5.74) is 6.69. The lowest BCUT2D eigenvalue weighted by Gasteiger charge is -2.03. The van der Waals surface area contributed by atoms with Crippen molar-refractivity contribution < 1.29 is 9.18 Å². The molecular formula is C17H14FN3OS2. The van der Waals surface area contributed by atoms with Crippen LogP contribution in [0, 0.1) is 5.82 Å². The molecule has 0 fully saturated rings. The van der Waals surface area contributed by atoms with Gasteiger partial charge in [0, 0.05) is 10.6 Å². The second-order valence-corrected chi connectivity index (χ2v) is 6.78. The number of thioether (sulfide) groups is 1. The number of benzene rings is 2. The number of ketones is 1. The number of halogens is 1. The van der Waals surface area contributed by atoms with Gasteiger partial charge in [-0.25, -0.2) is 9.37 Å². The number of nitrogen functional groups attached to an aromatic ring is 1. The molecule has 0 radical (unpaired) electrons. The van der Waals surface area contributed by atoms with Crippen molar-refractivity contribution in [3.8, 4) is 0 Å². The second kappa shape index (κ2) is 7.02. The maximum Gasteiger partial charge on any atom is 0.209 e. The van der Waals surface area contributed by atoms with E-state index in [0.29, 0.717) is 5.13 Å². The molecule has 0 bridgehead atoms. The molecule has 1 aromatic heterocycles. The van der Waals surface area contributed by atoms with Gasteiger partial charge in [0.1, 0.15) is 16.5 Å². The summed E-state index contributed by atoms with van der Waals surface area (Å²) in [5, 5.41) is 3.62. The number of hydrogen-bond donors (Lipinski definition) is 2. The summed E-state index contributed by atoms with van der Waals surface area (Å²) in [7, 11) is 0. The molecule has 0 unspecified atom stereocenters. The molecule has 7 heteroatoms. The standard InChI is InChI=1S/C17H14FN3OS2/c1-23-11-6-4-5-10(9-11)20-17-21-16(19)15(24-17)14(22)12-7-2-3-8-13(12)18/h2-9H,19H2,1H3,(H,20,21). The highest BCUT2D eigenvalue weighted by molar-refractivity contribution is 7.98. The van der Waals surface area contributed by atoms with Gasteiger partial charge in [-0.2, -0.15) is 0 Å². The van der Waals surface area contributed by atoms with Gasteiger partial charge in [0.05, 0.1) is 5.56 Å². The highest BCUT2D eigenvalue weighted by atomic mass is 32.2. The number of hydrogen-bond acceptors (Lipinski definition) is 6. The molecule has 0 saturated carbocycles. The summed E-state index contributed by atoms with van der Waals surface area (Å²) in [4.78, 5) is 18.0. The Kier molecular flexibility index (Phi) is 4.82. The van der Waals surface area contributed by atoms with E-state index in [-0.39, 0.29) is 16.3 Å². The smallest absolute Gasteiger partial charge is 0.209 e. The van der Waals surface area contributed by atoms with E-state index in [0.717, 1.165) is 21.9 Å². The number of carbonyl (C=O) groups excluding carboxylic acids is 1. The minimum absolute atomic E-state index is 0.0104. The highest BCUT2D eigenvalue weighted by Crippen LogP contribution is 2.31. The quantitative estimate of drug-likeness (QED) is 0.516. The molecule has 0 aliphatic heterocycles. The molecule has 0 spiro atoms. The molecular weight excluding hydrogens is 345 g/mol. The molecule has 3 rings (SSSR count). The summed E-state index contributed by atoms with van der Waals surface area (Å²) >= 11 is 2.74. The Hall–Kier alpha value is -2.38. The van der Waals surface area contributed by atoms with Gasteiger partial charge in [0.15, 0.2) is 5.13 Å². The Morgan fingerprint density at radius 2 is 2.04 bits per heavy atom. The van der Waals surface area contributed by atoms with E-state index in [1.807, 2.05) is 30.5 Å². The molecule has 0 saturated heterocycles. The molecule has 0 atom stereocenters. The summed E-state index contributed by atoms with van der Waals surface area (Å²) < 4.78 is 13.8. The monoisotopic (exact) mass is 359 g/mol. The van der Waals surface area contributed by atoms with Crippen molar-refractivity contribution in [1.29, 1.82) is 0 Å². The Morgan fingerprint density at radius 1 is 1.25 bits per heavy atom. The predicted molar refractivity (Wildman–Crippen MR) is 97.9 cm³/mol. The van der Waals surface area contributed by atoms with Gasteiger partial charge < -0.3 is 11.1 Å². The van der Waals surface area contributed by atoms with Gasteiger partial charge >= 0.3 is 0 Å². The van der Waals surface area contributed by atoms with Crippen LogP contribution in [0.5, 0.6) is 0 Å². The Labute approximate surface area is 146 Å². The fourth-order valence-corrected chi connectivity index (χ4v) is 3.46. The van der Waals surface area contributed by atoms with Crippen LogP contribution in [0.4, 0.5) is 21.0 Å². The van der Waals surface area contributed by atoms with Crippen LogP contribution in [-0.4, -0.2) is 17.0 Å². The van der Waals surface area contributed by atoms with E-state index in [1.165, 1.54) is 18.2 Å². The molecule has 0 amide bonds. The molecule has 3 aromatic rings. The van der Waals surface area contributed by atoms with E-state index in [4.69, 9.17) is 5.73 Å². The summed E-state index contributed by atoms with van der Waals surface area (Å²) in [6.07, 6.45) is 1.99. The zero-order valence-electron chi connectivity index (χ0n) is 12.7. The molecule has 24 heavy (non-hydrogen) atoms. The molecule has 1 heterocycles. The van der Waals surface area contributed by atoms with Gasteiger partial charge in [0.25, 0.3) is 0 Å². The first-order valence-electron chi connectivity index (χ1n) is 7.05. The first kappa shape index (κ1) is 16.5. The first-order valence-corrected chi connectivity index (χ1v) is 9.09. The third-order valence-electron chi connectivity index (χ3n) is 3.30. The van der Waals surface area contributed by atoms with Crippen LogP contribution >= 0.6 is 23.1 Å². The lowest BCUT2D eigenvalue weighted by atomic mass is 10.1. The molecule has 122 valence electrons. The van der Waals surface area contributed by atoms with Crippen molar-refractivity contribution in [3.05, 3.63) is 64.8 Å². The Morgan fingerprint density at radius 3 is 2.79 bits per heavy atom. The number of aromatic nitrogens is 1. The maximum atomic E-state index is 13.8. The van der Waals surface area contributed by atoms with Crippen LogP contribution in [0.2, 0.25) is 0 Å². The zero-order chi connectivity index (χ0) is 17.1. The second-order valence-electron chi connectivity index (χ2n) is 4.90. The minimum Gasteiger partial charge on any atom is -0.382 e. The number of anilines is 3. The van der Waals surface area contributed by atoms with Crippen LogP contribution in [0.25, 0.3) is 0 Å².